The highest BCUT2D eigenvalue weighted by Crippen LogP contribution is 2.32. The third-order valence-corrected chi connectivity index (χ3v) is 4.20. The third-order valence-electron chi connectivity index (χ3n) is 4.20. The highest BCUT2D eigenvalue weighted by molar-refractivity contribution is 4.77. The predicted octanol–water partition coefficient (Wildman–Crippen LogP) is 4.18. The Morgan fingerprint density at radius 1 is 1.06 bits per heavy atom. The number of likely N-dealkylation sites (tertiary alicyclic amines) is 1. The Morgan fingerprint density at radius 3 is 2.19 bits per heavy atom. The van der Waals surface area contributed by atoms with E-state index in [2.05, 4.69) is 32.7 Å². The van der Waals surface area contributed by atoms with Gasteiger partial charge in [0.1, 0.15) is 0 Å². The molecule has 1 heterocycles. The Bertz CT molecular complexity index is 168. The van der Waals surface area contributed by atoms with Crippen molar-refractivity contribution < 1.29 is 0 Å². The van der Waals surface area contributed by atoms with Crippen molar-refractivity contribution in [2.24, 2.45) is 17.8 Å². The van der Waals surface area contributed by atoms with Gasteiger partial charge in [-0.05, 0) is 57.2 Å². The zero-order valence-electron chi connectivity index (χ0n) is 11.8. The Kier molecular flexibility index (Phi) is 6.41. The van der Waals surface area contributed by atoms with Crippen LogP contribution in [0, 0.1) is 17.8 Å². The number of hydrogen-bond donors (Lipinski definition) is 0. The summed E-state index contributed by atoms with van der Waals surface area (Å²) >= 11 is 0. The van der Waals surface area contributed by atoms with Crippen LogP contribution in [0.25, 0.3) is 0 Å². The minimum Gasteiger partial charge on any atom is -0.306 e. The van der Waals surface area contributed by atoms with Crippen molar-refractivity contribution in [3.8, 4) is 0 Å². The van der Waals surface area contributed by atoms with Gasteiger partial charge in [-0.25, -0.2) is 0 Å². The van der Waals surface area contributed by atoms with Gasteiger partial charge in [-0.1, -0.05) is 40.0 Å². The van der Waals surface area contributed by atoms with Crippen LogP contribution in [0.5, 0.6) is 0 Å². The summed E-state index contributed by atoms with van der Waals surface area (Å²) in [6.45, 7) is 9.71. The molecule has 1 atom stereocenters. The fourth-order valence-corrected chi connectivity index (χ4v) is 3.03. The molecule has 0 saturated carbocycles. The van der Waals surface area contributed by atoms with Crippen LogP contribution in [-0.4, -0.2) is 25.0 Å². The van der Waals surface area contributed by atoms with Crippen LogP contribution >= 0.6 is 0 Å². The van der Waals surface area contributed by atoms with Gasteiger partial charge in [0.2, 0.25) is 0 Å². The summed E-state index contributed by atoms with van der Waals surface area (Å²) in [6, 6.07) is 0. The van der Waals surface area contributed by atoms with Crippen molar-refractivity contribution in [1.29, 1.82) is 0 Å². The van der Waals surface area contributed by atoms with Gasteiger partial charge in [-0.2, -0.15) is 0 Å². The van der Waals surface area contributed by atoms with Gasteiger partial charge in [0, 0.05) is 0 Å². The lowest BCUT2D eigenvalue weighted by atomic mass is 9.78. The summed E-state index contributed by atoms with van der Waals surface area (Å²) < 4.78 is 0. The van der Waals surface area contributed by atoms with Crippen LogP contribution < -0.4 is 0 Å². The second-order valence-corrected chi connectivity index (χ2v) is 6.16. The Morgan fingerprint density at radius 2 is 1.69 bits per heavy atom. The van der Waals surface area contributed by atoms with Gasteiger partial charge in [0.25, 0.3) is 0 Å². The molecule has 96 valence electrons. The average Bonchev–Trinajstić information content (AvgIpc) is 2.25. The minimum atomic E-state index is 0.880. The topological polar surface area (TPSA) is 3.24 Å². The lowest BCUT2D eigenvalue weighted by molar-refractivity contribution is 0.154. The summed E-state index contributed by atoms with van der Waals surface area (Å²) in [7, 11) is 2.26. The molecule has 1 saturated heterocycles. The number of rotatable bonds is 6. The van der Waals surface area contributed by atoms with Crippen molar-refractivity contribution in [2.45, 2.75) is 59.3 Å². The molecule has 0 amide bonds. The predicted molar refractivity (Wildman–Crippen MR) is 72.7 cm³/mol. The second-order valence-electron chi connectivity index (χ2n) is 6.16. The molecule has 0 aromatic rings. The highest BCUT2D eigenvalue weighted by atomic mass is 15.1. The molecule has 1 aliphatic heterocycles. The molecule has 0 spiro atoms. The number of hydrogen-bond acceptors (Lipinski definition) is 1. The van der Waals surface area contributed by atoms with E-state index in [1.165, 1.54) is 51.6 Å². The van der Waals surface area contributed by atoms with Crippen molar-refractivity contribution in [2.75, 3.05) is 20.1 Å². The van der Waals surface area contributed by atoms with Gasteiger partial charge < -0.3 is 4.90 Å². The Hall–Kier alpha value is -0.0400. The molecule has 0 radical (unpaired) electrons. The third kappa shape index (κ3) is 4.86. The van der Waals surface area contributed by atoms with E-state index in [-0.39, 0.29) is 0 Å². The van der Waals surface area contributed by atoms with E-state index in [1.807, 2.05) is 0 Å². The lowest BCUT2D eigenvalue weighted by Gasteiger charge is -2.34. The zero-order chi connectivity index (χ0) is 12.0. The molecule has 0 aromatic carbocycles. The molecule has 1 nitrogen and oxygen atoms in total. The molecule has 1 rings (SSSR count). The van der Waals surface area contributed by atoms with Crippen molar-refractivity contribution in [3.63, 3.8) is 0 Å². The molecule has 1 heteroatoms. The van der Waals surface area contributed by atoms with E-state index in [0.717, 1.165) is 17.8 Å². The van der Waals surface area contributed by atoms with E-state index in [9.17, 15) is 0 Å². The first-order valence-corrected chi connectivity index (χ1v) is 7.32. The largest absolute Gasteiger partial charge is 0.306 e. The van der Waals surface area contributed by atoms with Crippen LogP contribution in [0.3, 0.4) is 0 Å². The second kappa shape index (κ2) is 7.32. The van der Waals surface area contributed by atoms with Gasteiger partial charge in [0.05, 0.1) is 0 Å². The molecule has 1 fully saturated rings. The quantitative estimate of drug-likeness (QED) is 0.655. The van der Waals surface area contributed by atoms with E-state index >= 15 is 0 Å². The number of piperidine rings is 1. The minimum absolute atomic E-state index is 0.880. The molecule has 1 unspecified atom stereocenters. The summed E-state index contributed by atoms with van der Waals surface area (Å²) in [4.78, 5) is 2.49. The maximum atomic E-state index is 2.49. The molecule has 0 aromatic heterocycles. The summed E-state index contributed by atoms with van der Waals surface area (Å²) in [6.07, 6.45) is 8.62. The fourth-order valence-electron chi connectivity index (χ4n) is 3.03. The monoisotopic (exact) mass is 225 g/mol. The smallest absolute Gasteiger partial charge is 0.00190 e. The molecule has 0 N–H and O–H groups in total. The normalized spacial score (nSPS) is 21.6. The molecule has 1 aliphatic rings. The molecule has 0 bridgehead atoms. The maximum absolute atomic E-state index is 2.49. The van der Waals surface area contributed by atoms with Crippen LogP contribution in [0.2, 0.25) is 0 Å². The van der Waals surface area contributed by atoms with Crippen LogP contribution in [0.4, 0.5) is 0 Å². The van der Waals surface area contributed by atoms with E-state index in [0.29, 0.717) is 0 Å². The first-order valence-electron chi connectivity index (χ1n) is 7.32. The van der Waals surface area contributed by atoms with Crippen LogP contribution in [0.15, 0.2) is 0 Å². The maximum Gasteiger partial charge on any atom is -0.00190 e. The van der Waals surface area contributed by atoms with E-state index in [1.54, 1.807) is 0 Å². The SMILES string of the molecule is CCCC(CCC(C)C)C1CCN(C)CC1. The van der Waals surface area contributed by atoms with Crippen molar-refractivity contribution in [1.82, 2.24) is 4.90 Å². The molecular formula is C15H31N. The number of nitrogens with zero attached hydrogens (tertiary/aromatic N) is 1. The van der Waals surface area contributed by atoms with Crippen molar-refractivity contribution in [3.05, 3.63) is 0 Å². The van der Waals surface area contributed by atoms with Gasteiger partial charge in [0.15, 0.2) is 0 Å². The summed E-state index contributed by atoms with van der Waals surface area (Å²) in [5, 5.41) is 0. The van der Waals surface area contributed by atoms with Crippen LogP contribution in [-0.2, 0) is 0 Å². The van der Waals surface area contributed by atoms with Crippen molar-refractivity contribution >= 4 is 0 Å². The standard InChI is InChI=1S/C15H31N/c1-5-6-14(8-7-13(2)3)15-9-11-16(4)12-10-15/h13-15H,5-12H2,1-4H3. The molecule has 16 heavy (non-hydrogen) atoms. The van der Waals surface area contributed by atoms with Gasteiger partial charge in [-0.3, -0.25) is 0 Å². The van der Waals surface area contributed by atoms with Gasteiger partial charge in [-0.15, -0.1) is 0 Å². The first kappa shape index (κ1) is 14.0. The molecule has 0 aliphatic carbocycles. The highest BCUT2D eigenvalue weighted by Gasteiger charge is 2.24. The van der Waals surface area contributed by atoms with E-state index in [4.69, 9.17) is 0 Å². The van der Waals surface area contributed by atoms with E-state index < -0.39 is 0 Å². The lowest BCUT2D eigenvalue weighted by Crippen LogP contribution is -2.33. The Labute approximate surface area is 103 Å². The molecular weight excluding hydrogens is 194 g/mol. The Balaban J connectivity index is 2.36. The summed E-state index contributed by atoms with van der Waals surface area (Å²) in [5.74, 6) is 2.92. The van der Waals surface area contributed by atoms with Crippen LogP contribution in [0.1, 0.15) is 59.3 Å². The zero-order valence-corrected chi connectivity index (χ0v) is 11.8. The summed E-state index contributed by atoms with van der Waals surface area (Å²) in [5.41, 5.74) is 0. The van der Waals surface area contributed by atoms with Gasteiger partial charge >= 0.3 is 0 Å². The fraction of sp³-hybridized carbons (Fsp3) is 1.00. The first-order chi connectivity index (χ1) is 7.63. The average molecular weight is 225 g/mol.